The van der Waals surface area contributed by atoms with Crippen LogP contribution in [0.1, 0.15) is 65.5 Å². The van der Waals surface area contributed by atoms with E-state index in [0.717, 1.165) is 5.69 Å². The molecule has 1 atom stereocenters. The van der Waals surface area contributed by atoms with Crippen molar-refractivity contribution in [2.75, 3.05) is 6.54 Å². The van der Waals surface area contributed by atoms with E-state index < -0.39 is 35.4 Å². The van der Waals surface area contributed by atoms with Crippen LogP contribution in [0, 0.1) is 0 Å². The van der Waals surface area contributed by atoms with Gasteiger partial charge in [-0.1, -0.05) is 11.6 Å². The summed E-state index contributed by atoms with van der Waals surface area (Å²) < 4.78 is 34.4. The van der Waals surface area contributed by atoms with Crippen LogP contribution in [0.3, 0.4) is 0 Å². The maximum atomic E-state index is 13.7. The second-order valence-corrected chi connectivity index (χ2v) is 8.67. The number of alkyl halides is 2. The molecular weight excluding hydrogens is 458 g/mol. The van der Waals surface area contributed by atoms with Crippen LogP contribution in [0.15, 0.2) is 35.1 Å². The van der Waals surface area contributed by atoms with Gasteiger partial charge in [0.05, 0.1) is 28.3 Å². The van der Waals surface area contributed by atoms with Crippen molar-refractivity contribution in [3.8, 4) is 0 Å². The number of nitrogens with one attached hydrogen (secondary N) is 1. The standard InChI is InChI=1S/C21H19ClF2N6O3/c1-21(2,32)20-27-15(18(23)24)17(33-20)19(31)29-7-5-11-14(26-9-25-11)16(29)12-8-13-10(22)4-3-6-30(13)28-12/h3-4,6,8-9,16,18,32H,5,7H2,1-2H3,(H,25,26)/t16-/m0/s1. The summed E-state index contributed by atoms with van der Waals surface area (Å²) in [5.74, 6) is -1.78. The molecule has 4 aromatic heterocycles. The van der Waals surface area contributed by atoms with Gasteiger partial charge in [0.15, 0.2) is 5.69 Å². The second-order valence-electron chi connectivity index (χ2n) is 8.27. The number of aromatic nitrogens is 5. The highest BCUT2D eigenvalue weighted by molar-refractivity contribution is 6.33. The molecule has 2 N–H and O–H groups in total. The third-order valence-corrected chi connectivity index (χ3v) is 5.83. The lowest BCUT2D eigenvalue weighted by molar-refractivity contribution is 0.0440. The first kappa shape index (κ1) is 21.5. The Bertz CT molecular complexity index is 1360. The molecule has 0 saturated carbocycles. The smallest absolute Gasteiger partial charge is 0.292 e. The first-order valence-corrected chi connectivity index (χ1v) is 10.5. The van der Waals surface area contributed by atoms with Crippen LogP contribution in [0.4, 0.5) is 8.78 Å². The lowest BCUT2D eigenvalue weighted by Crippen LogP contribution is -2.41. The Morgan fingerprint density at radius 3 is 2.91 bits per heavy atom. The minimum atomic E-state index is -3.07. The number of carbonyl (C=O) groups is 1. The average molecular weight is 477 g/mol. The molecule has 172 valence electrons. The summed E-state index contributed by atoms with van der Waals surface area (Å²) in [5.41, 5.74) is -0.00323. The molecule has 0 unspecified atom stereocenters. The predicted octanol–water partition coefficient (Wildman–Crippen LogP) is 3.65. The fraction of sp³-hybridized carbons (Fsp3) is 0.333. The third-order valence-electron chi connectivity index (χ3n) is 5.51. The minimum absolute atomic E-state index is 0.196. The Morgan fingerprint density at radius 2 is 2.21 bits per heavy atom. The van der Waals surface area contributed by atoms with Crippen molar-refractivity contribution in [1.82, 2.24) is 29.5 Å². The molecule has 0 fully saturated rings. The topological polar surface area (TPSA) is 113 Å². The first-order valence-electron chi connectivity index (χ1n) is 10.1. The Morgan fingerprint density at radius 1 is 1.42 bits per heavy atom. The van der Waals surface area contributed by atoms with Crippen molar-refractivity contribution in [2.24, 2.45) is 0 Å². The van der Waals surface area contributed by atoms with Crippen molar-refractivity contribution in [2.45, 2.75) is 38.3 Å². The molecule has 1 amide bonds. The number of oxazole rings is 1. The highest BCUT2D eigenvalue weighted by Gasteiger charge is 2.40. The summed E-state index contributed by atoms with van der Waals surface area (Å²) in [4.78, 5) is 26.0. The number of aromatic amines is 1. The fourth-order valence-corrected chi connectivity index (χ4v) is 4.17. The minimum Gasteiger partial charge on any atom is -0.432 e. The van der Waals surface area contributed by atoms with Gasteiger partial charge in [-0.2, -0.15) is 5.10 Å². The summed E-state index contributed by atoms with van der Waals surface area (Å²) in [6.07, 6.45) is 0.593. The van der Waals surface area contributed by atoms with Gasteiger partial charge in [-0.15, -0.1) is 0 Å². The molecule has 9 nitrogen and oxygen atoms in total. The van der Waals surface area contributed by atoms with Crippen LogP contribution >= 0.6 is 11.6 Å². The average Bonchev–Trinajstić information content (AvgIpc) is 3.49. The van der Waals surface area contributed by atoms with Crippen LogP contribution in [-0.2, 0) is 12.0 Å². The number of hydrogen-bond acceptors (Lipinski definition) is 6. The fourth-order valence-electron chi connectivity index (χ4n) is 3.95. The van der Waals surface area contributed by atoms with Gasteiger partial charge >= 0.3 is 0 Å². The molecule has 0 radical (unpaired) electrons. The van der Waals surface area contributed by atoms with Crippen molar-refractivity contribution >= 4 is 23.0 Å². The number of pyridine rings is 1. The van der Waals surface area contributed by atoms with Gasteiger partial charge in [-0.25, -0.2) is 23.3 Å². The number of nitrogens with zero attached hydrogens (tertiary/aromatic N) is 5. The molecule has 0 spiro atoms. The first-order chi connectivity index (χ1) is 15.6. The molecule has 0 aromatic carbocycles. The molecule has 12 heteroatoms. The van der Waals surface area contributed by atoms with Crippen LogP contribution in [0.2, 0.25) is 5.02 Å². The Labute approximate surface area is 191 Å². The largest absolute Gasteiger partial charge is 0.432 e. The van der Waals surface area contributed by atoms with Crippen molar-refractivity contribution in [3.63, 3.8) is 0 Å². The molecule has 0 aliphatic carbocycles. The molecule has 1 aliphatic heterocycles. The van der Waals surface area contributed by atoms with E-state index in [9.17, 15) is 18.7 Å². The summed E-state index contributed by atoms with van der Waals surface area (Å²) in [6.45, 7) is 2.87. The quantitative estimate of drug-likeness (QED) is 0.465. The monoisotopic (exact) mass is 476 g/mol. The van der Waals surface area contributed by atoms with E-state index in [-0.39, 0.29) is 12.4 Å². The van der Waals surface area contributed by atoms with Crippen LogP contribution < -0.4 is 0 Å². The number of H-pyrrole nitrogens is 1. The summed E-state index contributed by atoms with van der Waals surface area (Å²) >= 11 is 6.29. The van der Waals surface area contributed by atoms with Crippen molar-refractivity contribution < 1.29 is 23.1 Å². The number of amides is 1. The van der Waals surface area contributed by atoms with Gasteiger partial charge in [-0.05, 0) is 32.0 Å². The maximum absolute atomic E-state index is 13.7. The molecule has 0 saturated heterocycles. The number of fused-ring (bicyclic) bond motifs is 2. The van der Waals surface area contributed by atoms with Crippen LogP contribution in [-0.4, -0.2) is 47.0 Å². The zero-order chi connectivity index (χ0) is 23.5. The van der Waals surface area contributed by atoms with E-state index in [1.165, 1.54) is 25.1 Å². The van der Waals surface area contributed by atoms with E-state index in [2.05, 4.69) is 20.1 Å². The lowest BCUT2D eigenvalue weighted by atomic mass is 9.99. The van der Waals surface area contributed by atoms with Gasteiger partial charge in [0.1, 0.15) is 11.6 Å². The van der Waals surface area contributed by atoms with Gasteiger partial charge in [-0.3, -0.25) is 4.79 Å². The molecule has 0 bridgehead atoms. The van der Waals surface area contributed by atoms with E-state index >= 15 is 0 Å². The summed E-state index contributed by atoms with van der Waals surface area (Å²) in [6, 6.07) is 4.41. The lowest BCUT2D eigenvalue weighted by Gasteiger charge is -2.33. The second kappa shape index (κ2) is 7.63. The third kappa shape index (κ3) is 3.57. The van der Waals surface area contributed by atoms with E-state index in [0.29, 0.717) is 28.3 Å². The molecule has 5 heterocycles. The number of carbonyl (C=O) groups excluding carboxylic acids is 1. The van der Waals surface area contributed by atoms with Gasteiger partial charge in [0.25, 0.3) is 12.3 Å². The Kier molecular flexibility index (Phi) is 4.98. The molecule has 33 heavy (non-hydrogen) atoms. The number of hydrogen-bond donors (Lipinski definition) is 2. The molecule has 1 aliphatic rings. The number of rotatable bonds is 4. The summed E-state index contributed by atoms with van der Waals surface area (Å²) in [5, 5.41) is 15.2. The summed E-state index contributed by atoms with van der Waals surface area (Å²) in [7, 11) is 0. The van der Waals surface area contributed by atoms with E-state index in [4.69, 9.17) is 16.0 Å². The Hall–Kier alpha value is -3.31. The predicted molar refractivity (Wildman–Crippen MR) is 112 cm³/mol. The van der Waals surface area contributed by atoms with E-state index in [1.807, 2.05) is 0 Å². The highest BCUT2D eigenvalue weighted by atomic mass is 35.5. The van der Waals surface area contributed by atoms with Crippen LogP contribution in [0.25, 0.3) is 5.52 Å². The number of imidazole rings is 1. The van der Waals surface area contributed by atoms with Gasteiger partial charge < -0.3 is 19.4 Å². The highest BCUT2D eigenvalue weighted by Crippen LogP contribution is 2.37. The zero-order valence-electron chi connectivity index (χ0n) is 17.6. The van der Waals surface area contributed by atoms with Crippen LogP contribution in [0.5, 0.6) is 0 Å². The SMILES string of the molecule is CC(C)(O)c1nc(C(F)F)c(C(=O)N2CCc3[nH]cnc3[C@@H]2c2cc3c(Cl)cccn3n2)o1. The molecule has 5 rings (SSSR count). The van der Waals surface area contributed by atoms with Crippen molar-refractivity contribution in [1.29, 1.82) is 0 Å². The number of halogens is 3. The normalized spacial score (nSPS) is 16.6. The van der Waals surface area contributed by atoms with Gasteiger partial charge in [0.2, 0.25) is 11.7 Å². The molecular formula is C21H19ClF2N6O3. The zero-order valence-corrected chi connectivity index (χ0v) is 18.3. The molecule has 4 aromatic rings. The van der Waals surface area contributed by atoms with E-state index in [1.54, 1.807) is 28.9 Å². The van der Waals surface area contributed by atoms with Crippen molar-refractivity contribution in [3.05, 3.63) is 70.2 Å². The Balaban J connectivity index is 1.63. The van der Waals surface area contributed by atoms with Gasteiger partial charge in [0, 0.05) is 24.9 Å². The maximum Gasteiger partial charge on any atom is 0.292 e. The number of aliphatic hydroxyl groups is 1.